The Labute approximate surface area is 225 Å². The molecule has 200 valence electrons. The maximum Gasteiger partial charge on any atom is 0.338 e. The molecule has 0 N–H and O–H groups in total. The van der Waals surface area contributed by atoms with Gasteiger partial charge in [-0.05, 0) is 60.8 Å². The fraction of sp³-hybridized carbons (Fsp3) is 0.857. The van der Waals surface area contributed by atoms with Gasteiger partial charge in [0.1, 0.15) is 17.8 Å². The first-order valence-corrected chi connectivity index (χ1v) is 14.3. The molecule has 2 saturated heterocycles. The Morgan fingerprint density at radius 2 is 1.81 bits per heavy atom. The number of esters is 2. The first-order chi connectivity index (χ1) is 16.7. The molecule has 3 aliphatic carbocycles. The lowest BCUT2D eigenvalue weighted by molar-refractivity contribution is -0.268. The number of hydrogen-bond acceptors (Lipinski definition) is 8. The van der Waals surface area contributed by atoms with Crippen LogP contribution >= 0.6 is 25.3 Å². The molecule has 5 unspecified atom stereocenters. The second-order valence-corrected chi connectivity index (χ2v) is 15.5. The van der Waals surface area contributed by atoms with Crippen molar-refractivity contribution in [1.82, 2.24) is 0 Å². The van der Waals surface area contributed by atoms with Crippen LogP contribution in [0.2, 0.25) is 0 Å². The molecular formula is C28H40O6S2. The summed E-state index contributed by atoms with van der Waals surface area (Å²) in [6, 6.07) is 0. The van der Waals surface area contributed by atoms with Gasteiger partial charge in [-0.25, -0.2) is 4.79 Å². The highest BCUT2D eigenvalue weighted by Gasteiger charge is 2.88. The van der Waals surface area contributed by atoms with E-state index in [9.17, 15) is 9.59 Å². The lowest BCUT2D eigenvalue weighted by Gasteiger charge is -2.71. The van der Waals surface area contributed by atoms with Crippen LogP contribution in [0.1, 0.15) is 73.6 Å². The minimum absolute atomic E-state index is 0.0113. The summed E-state index contributed by atoms with van der Waals surface area (Å²) < 4.78 is 24.1. The summed E-state index contributed by atoms with van der Waals surface area (Å²) in [6.07, 6.45) is 6.82. The van der Waals surface area contributed by atoms with Crippen LogP contribution in [0.15, 0.2) is 12.3 Å². The molecule has 6 nitrogen and oxygen atoms in total. The summed E-state index contributed by atoms with van der Waals surface area (Å²) in [6.45, 7) is 13.4. The van der Waals surface area contributed by atoms with E-state index in [1.54, 1.807) is 6.26 Å². The summed E-state index contributed by atoms with van der Waals surface area (Å²) in [5, 5.41) is 0. The van der Waals surface area contributed by atoms with Gasteiger partial charge in [0, 0.05) is 17.8 Å². The van der Waals surface area contributed by atoms with Crippen LogP contribution in [0, 0.1) is 39.4 Å². The highest BCUT2D eigenvalue weighted by Crippen LogP contribution is 2.80. The molecule has 3 heterocycles. The third kappa shape index (κ3) is 2.77. The number of fused-ring (bicyclic) bond motifs is 3. The van der Waals surface area contributed by atoms with Gasteiger partial charge in [-0.3, -0.25) is 4.79 Å². The van der Waals surface area contributed by atoms with E-state index in [0.29, 0.717) is 13.0 Å². The van der Waals surface area contributed by atoms with Crippen LogP contribution in [-0.4, -0.2) is 46.5 Å². The smallest absolute Gasteiger partial charge is 0.338 e. The van der Waals surface area contributed by atoms with Gasteiger partial charge >= 0.3 is 11.9 Å². The van der Waals surface area contributed by atoms with Gasteiger partial charge in [-0.2, -0.15) is 25.3 Å². The second-order valence-electron chi connectivity index (χ2n) is 13.6. The van der Waals surface area contributed by atoms with E-state index in [-0.39, 0.29) is 52.7 Å². The van der Waals surface area contributed by atoms with E-state index in [4.69, 9.17) is 44.2 Å². The number of carbonyl (C=O) groups excluding carboxylic acids is 2. The van der Waals surface area contributed by atoms with Crippen molar-refractivity contribution in [2.75, 3.05) is 6.61 Å². The van der Waals surface area contributed by atoms with Gasteiger partial charge in [0.2, 0.25) is 0 Å². The zero-order valence-corrected chi connectivity index (χ0v) is 24.0. The summed E-state index contributed by atoms with van der Waals surface area (Å²) in [5.74, 6) is -0.120. The predicted octanol–water partition coefficient (Wildman–Crippen LogP) is 4.97. The molecular weight excluding hydrogens is 496 g/mol. The van der Waals surface area contributed by atoms with E-state index in [2.05, 4.69) is 34.6 Å². The molecule has 0 aromatic heterocycles. The van der Waals surface area contributed by atoms with Gasteiger partial charge in [0.15, 0.2) is 6.10 Å². The Morgan fingerprint density at radius 3 is 2.44 bits per heavy atom. The maximum atomic E-state index is 13.4. The standard InChI is InChI=1S/C28H40O6S2/c1-15(29)32-19-13-18-23(2,3)27(35,36)11-10-24(18,4)17-7-9-25(5)20(16-8-12-31-14-16)33-22(30)21-28(25,34-21)26(17,19)6/h8,12,16-21,35-36H,7,9-11,13-14H2,1-6H3/t16?,17?,18?,19-,20-,21?,24-,25+,26+,28?/m1/s1. The van der Waals surface area contributed by atoms with Crippen molar-refractivity contribution in [2.24, 2.45) is 39.4 Å². The average Bonchev–Trinajstić information content (AvgIpc) is 3.35. The Morgan fingerprint density at radius 1 is 1.08 bits per heavy atom. The minimum atomic E-state index is -0.742. The Hall–Kier alpha value is -0.860. The number of epoxide rings is 1. The first-order valence-electron chi connectivity index (χ1n) is 13.5. The molecule has 0 radical (unpaired) electrons. The van der Waals surface area contributed by atoms with E-state index >= 15 is 0 Å². The highest BCUT2D eigenvalue weighted by atomic mass is 32.2. The Balaban J connectivity index is 1.51. The van der Waals surface area contributed by atoms with Crippen molar-refractivity contribution in [2.45, 2.75) is 102 Å². The second kappa shape index (κ2) is 7.41. The molecule has 0 bridgehead atoms. The normalized spacial score (nSPS) is 53.6. The summed E-state index contributed by atoms with van der Waals surface area (Å²) in [5.41, 5.74) is -1.90. The van der Waals surface area contributed by atoms with Crippen LogP contribution in [0.4, 0.5) is 0 Å². The maximum absolute atomic E-state index is 13.4. The van der Waals surface area contributed by atoms with Crippen LogP contribution in [0.3, 0.4) is 0 Å². The number of cyclic esters (lactones) is 1. The number of ether oxygens (including phenoxy) is 4. The topological polar surface area (TPSA) is 74.4 Å². The third-order valence-corrected chi connectivity index (χ3v) is 13.7. The number of hydrogen-bond donors (Lipinski definition) is 2. The van der Waals surface area contributed by atoms with Crippen LogP contribution in [-0.2, 0) is 28.5 Å². The lowest BCUT2D eigenvalue weighted by atomic mass is 9.34. The number of rotatable bonds is 2. The quantitative estimate of drug-likeness (QED) is 0.225. The average molecular weight is 537 g/mol. The zero-order valence-electron chi connectivity index (χ0n) is 22.2. The predicted molar refractivity (Wildman–Crippen MR) is 140 cm³/mol. The van der Waals surface area contributed by atoms with E-state index in [1.165, 1.54) is 6.92 Å². The van der Waals surface area contributed by atoms with Crippen LogP contribution < -0.4 is 0 Å². The van der Waals surface area contributed by atoms with Crippen molar-refractivity contribution in [3.8, 4) is 0 Å². The Bertz CT molecular complexity index is 1040. The number of carbonyl (C=O) groups is 2. The number of thiol groups is 2. The zero-order chi connectivity index (χ0) is 26.1. The fourth-order valence-electron chi connectivity index (χ4n) is 10.1. The molecule has 6 aliphatic rings. The third-order valence-electron chi connectivity index (χ3n) is 12.1. The van der Waals surface area contributed by atoms with Crippen molar-refractivity contribution in [3.05, 3.63) is 12.3 Å². The van der Waals surface area contributed by atoms with E-state index in [1.807, 2.05) is 6.08 Å². The molecule has 0 amide bonds. The van der Waals surface area contributed by atoms with Gasteiger partial charge in [0.25, 0.3) is 0 Å². The molecule has 8 heteroatoms. The SMILES string of the molecule is CC(=O)O[C@@H]1CC2C(C)(C)C(S)(S)CC[C@]2(C)C2CC[C@@]3(C)[C@@H](C4C=COC4)OC(=O)C4OC43[C@@]21C. The van der Waals surface area contributed by atoms with Crippen molar-refractivity contribution in [3.63, 3.8) is 0 Å². The van der Waals surface area contributed by atoms with Crippen molar-refractivity contribution in [1.29, 1.82) is 0 Å². The highest BCUT2D eigenvalue weighted by molar-refractivity contribution is 8.00. The van der Waals surface area contributed by atoms with Crippen molar-refractivity contribution < 1.29 is 28.5 Å². The molecule has 3 saturated carbocycles. The van der Waals surface area contributed by atoms with Gasteiger partial charge in [-0.1, -0.05) is 34.6 Å². The summed E-state index contributed by atoms with van der Waals surface area (Å²) >= 11 is 10.1. The molecule has 5 fully saturated rings. The van der Waals surface area contributed by atoms with E-state index in [0.717, 1.165) is 25.7 Å². The lowest BCUT2D eigenvalue weighted by Crippen LogP contribution is -2.75. The molecule has 1 spiro atoms. The Kier molecular flexibility index (Phi) is 5.23. The monoisotopic (exact) mass is 536 g/mol. The molecule has 0 aromatic carbocycles. The molecule has 0 aromatic rings. The van der Waals surface area contributed by atoms with Crippen LogP contribution in [0.25, 0.3) is 0 Å². The fourth-order valence-corrected chi connectivity index (χ4v) is 10.7. The molecule has 3 aliphatic heterocycles. The summed E-state index contributed by atoms with van der Waals surface area (Å²) in [7, 11) is 0. The first kappa shape index (κ1) is 25.4. The summed E-state index contributed by atoms with van der Waals surface area (Å²) in [4.78, 5) is 25.9. The molecule has 10 atom stereocenters. The molecule has 6 rings (SSSR count). The van der Waals surface area contributed by atoms with Gasteiger partial charge < -0.3 is 18.9 Å². The minimum Gasteiger partial charge on any atom is -0.501 e. The molecule has 36 heavy (non-hydrogen) atoms. The van der Waals surface area contributed by atoms with Crippen LogP contribution in [0.5, 0.6) is 0 Å². The van der Waals surface area contributed by atoms with Gasteiger partial charge in [-0.15, -0.1) is 0 Å². The van der Waals surface area contributed by atoms with Crippen molar-refractivity contribution >= 4 is 37.2 Å². The largest absolute Gasteiger partial charge is 0.501 e. The van der Waals surface area contributed by atoms with E-state index < -0.39 is 26.6 Å². The van der Waals surface area contributed by atoms with Gasteiger partial charge in [0.05, 0.1) is 22.9 Å².